The Bertz CT molecular complexity index is 669. The molecule has 0 unspecified atom stereocenters. The Labute approximate surface area is 167 Å². The fraction of sp³-hybridized carbons (Fsp3) is 0.545. The predicted molar refractivity (Wildman–Crippen MR) is 109 cm³/mol. The average molecular weight is 386 g/mol. The van der Waals surface area contributed by atoms with Gasteiger partial charge in [-0.05, 0) is 44.9 Å². The number of likely N-dealkylation sites (tertiary alicyclic amines) is 1. The minimum absolute atomic E-state index is 0.0585. The number of benzene rings is 1. The van der Waals surface area contributed by atoms with Gasteiger partial charge in [-0.25, -0.2) is 0 Å². The molecule has 152 valence electrons. The van der Waals surface area contributed by atoms with Gasteiger partial charge in [-0.2, -0.15) is 0 Å². The molecule has 2 amide bonds. The van der Waals surface area contributed by atoms with Crippen molar-refractivity contribution in [2.75, 3.05) is 33.3 Å². The van der Waals surface area contributed by atoms with Crippen LogP contribution in [0.5, 0.6) is 5.75 Å². The molecule has 0 radical (unpaired) electrons. The van der Waals surface area contributed by atoms with E-state index in [0.717, 1.165) is 38.0 Å². The van der Waals surface area contributed by atoms with E-state index in [4.69, 9.17) is 4.74 Å². The number of nitrogens with one attached hydrogen (secondary N) is 2. The summed E-state index contributed by atoms with van der Waals surface area (Å²) >= 11 is 0. The van der Waals surface area contributed by atoms with E-state index in [1.807, 2.05) is 37.4 Å². The van der Waals surface area contributed by atoms with Crippen molar-refractivity contribution in [3.05, 3.63) is 42.5 Å². The molecule has 1 aromatic carbocycles. The first kappa shape index (κ1) is 20.4. The molecule has 1 aliphatic heterocycles. The van der Waals surface area contributed by atoms with Gasteiger partial charge in [-0.15, -0.1) is 0 Å². The quantitative estimate of drug-likeness (QED) is 0.556. The zero-order valence-corrected chi connectivity index (χ0v) is 16.6. The van der Waals surface area contributed by atoms with E-state index < -0.39 is 0 Å². The highest BCUT2D eigenvalue weighted by molar-refractivity contribution is 5.80. The topological polar surface area (TPSA) is 70.7 Å². The Balaban J connectivity index is 1.39. The molecule has 0 bridgehead atoms. The smallest absolute Gasteiger partial charge is 0.224 e. The number of para-hydroxylation sites is 1. The molecule has 1 heterocycles. The number of hydrogen-bond acceptors (Lipinski definition) is 4. The van der Waals surface area contributed by atoms with Crippen molar-refractivity contribution < 1.29 is 14.3 Å². The van der Waals surface area contributed by atoms with Crippen LogP contribution in [0.2, 0.25) is 0 Å². The second-order valence-electron chi connectivity index (χ2n) is 7.79. The summed E-state index contributed by atoms with van der Waals surface area (Å²) in [6.45, 7) is 2.44. The van der Waals surface area contributed by atoms with Gasteiger partial charge in [0.15, 0.2) is 0 Å². The summed E-state index contributed by atoms with van der Waals surface area (Å²) in [6, 6.07) is 9.70. The first-order valence-corrected chi connectivity index (χ1v) is 10.2. The molecule has 6 nitrogen and oxygen atoms in total. The summed E-state index contributed by atoms with van der Waals surface area (Å²) in [5.74, 6) is 1.04. The van der Waals surface area contributed by atoms with Crippen molar-refractivity contribution in [2.24, 2.45) is 11.8 Å². The van der Waals surface area contributed by atoms with Gasteiger partial charge in [0, 0.05) is 25.0 Å². The Morgan fingerprint density at radius 1 is 1.04 bits per heavy atom. The summed E-state index contributed by atoms with van der Waals surface area (Å²) in [7, 11) is 2.01. The Morgan fingerprint density at radius 3 is 2.54 bits per heavy atom. The van der Waals surface area contributed by atoms with Gasteiger partial charge in [-0.3, -0.25) is 9.59 Å². The van der Waals surface area contributed by atoms with Crippen LogP contribution < -0.4 is 15.4 Å². The van der Waals surface area contributed by atoms with Crippen LogP contribution in [-0.2, 0) is 9.59 Å². The molecule has 0 aromatic heterocycles. The summed E-state index contributed by atoms with van der Waals surface area (Å²) < 4.78 is 5.62. The lowest BCUT2D eigenvalue weighted by Crippen LogP contribution is -2.44. The molecule has 1 aromatic rings. The molecule has 2 N–H and O–H groups in total. The Hall–Kier alpha value is -2.34. The lowest BCUT2D eigenvalue weighted by atomic mass is 10.00. The molecule has 28 heavy (non-hydrogen) atoms. The molecule has 1 aliphatic carbocycles. The number of hydrogen-bond donors (Lipinski definition) is 2. The van der Waals surface area contributed by atoms with Crippen LogP contribution in [0.3, 0.4) is 0 Å². The number of ether oxygens (including phenoxy) is 1. The van der Waals surface area contributed by atoms with Crippen LogP contribution >= 0.6 is 0 Å². The highest BCUT2D eigenvalue weighted by Gasteiger charge is 2.29. The number of nitrogens with zero attached hydrogens (tertiary/aromatic N) is 1. The highest BCUT2D eigenvalue weighted by Crippen LogP contribution is 2.20. The van der Waals surface area contributed by atoms with E-state index in [2.05, 4.69) is 27.7 Å². The molecule has 0 spiro atoms. The number of allylic oxidation sites excluding steroid dienone is 2. The molecule has 6 heteroatoms. The third-order valence-electron chi connectivity index (χ3n) is 5.44. The number of carbonyl (C=O) groups excluding carboxylic acids is 2. The fourth-order valence-electron chi connectivity index (χ4n) is 3.90. The molecule has 1 saturated heterocycles. The third-order valence-corrected chi connectivity index (χ3v) is 5.44. The second kappa shape index (κ2) is 10.3. The van der Waals surface area contributed by atoms with E-state index in [1.165, 1.54) is 0 Å². The summed E-state index contributed by atoms with van der Waals surface area (Å²) in [4.78, 5) is 27.1. The van der Waals surface area contributed by atoms with Crippen LogP contribution in [0, 0.1) is 11.8 Å². The minimum Gasteiger partial charge on any atom is -0.492 e. The van der Waals surface area contributed by atoms with E-state index in [-0.39, 0.29) is 29.7 Å². The SMILES string of the molecule is CN1C[C@@H](NC(=O)C2CC=CC2)CC[C@@H](C(=O)NCCOc2ccccc2)C1. The standard InChI is InChI=1S/C22H31N3O3/c1-25-15-18(21(26)23-13-14-28-20-9-3-2-4-10-20)11-12-19(16-25)24-22(27)17-7-5-6-8-17/h2-6,9-10,17-19H,7-8,11-16H2,1H3,(H,23,26)(H,24,27)/t18-,19+/m1/s1. The number of amides is 2. The molecule has 1 fully saturated rings. The maximum absolute atomic E-state index is 12.6. The number of likely N-dealkylation sites (N-methyl/N-ethyl adjacent to an activating group) is 1. The monoisotopic (exact) mass is 385 g/mol. The van der Waals surface area contributed by atoms with Crippen molar-refractivity contribution in [1.29, 1.82) is 0 Å². The van der Waals surface area contributed by atoms with Gasteiger partial charge in [0.05, 0.1) is 12.5 Å². The fourth-order valence-corrected chi connectivity index (χ4v) is 3.90. The van der Waals surface area contributed by atoms with Crippen LogP contribution in [0.4, 0.5) is 0 Å². The molecule has 3 rings (SSSR count). The van der Waals surface area contributed by atoms with Crippen molar-refractivity contribution in [2.45, 2.75) is 31.7 Å². The maximum atomic E-state index is 12.6. The molecule has 2 aliphatic rings. The van der Waals surface area contributed by atoms with Gasteiger partial charge in [0.25, 0.3) is 0 Å². The van der Waals surface area contributed by atoms with Crippen molar-refractivity contribution in [1.82, 2.24) is 15.5 Å². The normalized spacial score (nSPS) is 23.2. The zero-order valence-electron chi connectivity index (χ0n) is 16.6. The van der Waals surface area contributed by atoms with Crippen LogP contribution in [-0.4, -0.2) is 56.0 Å². The van der Waals surface area contributed by atoms with Crippen molar-refractivity contribution in [3.8, 4) is 5.75 Å². The van der Waals surface area contributed by atoms with E-state index in [9.17, 15) is 9.59 Å². The second-order valence-corrected chi connectivity index (χ2v) is 7.79. The number of rotatable bonds is 7. The predicted octanol–water partition coefficient (Wildman–Crippen LogP) is 1.97. The largest absolute Gasteiger partial charge is 0.492 e. The zero-order chi connectivity index (χ0) is 19.8. The molecule has 2 atom stereocenters. The van der Waals surface area contributed by atoms with Gasteiger partial charge < -0.3 is 20.3 Å². The minimum atomic E-state index is -0.0585. The lowest BCUT2D eigenvalue weighted by molar-refractivity contribution is -0.126. The third kappa shape index (κ3) is 6.09. The van der Waals surface area contributed by atoms with Crippen molar-refractivity contribution >= 4 is 11.8 Å². The van der Waals surface area contributed by atoms with E-state index in [1.54, 1.807) is 0 Å². The van der Waals surface area contributed by atoms with E-state index >= 15 is 0 Å². The Kier molecular flexibility index (Phi) is 7.48. The molecule has 0 saturated carbocycles. The highest BCUT2D eigenvalue weighted by atomic mass is 16.5. The van der Waals surface area contributed by atoms with Gasteiger partial charge in [0.2, 0.25) is 11.8 Å². The maximum Gasteiger partial charge on any atom is 0.224 e. The molecular weight excluding hydrogens is 354 g/mol. The van der Waals surface area contributed by atoms with Crippen LogP contribution in [0.15, 0.2) is 42.5 Å². The summed E-state index contributed by atoms with van der Waals surface area (Å²) in [5.41, 5.74) is 0. The number of carbonyl (C=O) groups is 2. The summed E-state index contributed by atoms with van der Waals surface area (Å²) in [6.07, 6.45) is 7.43. The van der Waals surface area contributed by atoms with Gasteiger partial charge in [-0.1, -0.05) is 30.4 Å². The molecular formula is C22H31N3O3. The summed E-state index contributed by atoms with van der Waals surface area (Å²) in [5, 5.41) is 6.17. The van der Waals surface area contributed by atoms with Gasteiger partial charge >= 0.3 is 0 Å². The first-order valence-electron chi connectivity index (χ1n) is 10.2. The van der Waals surface area contributed by atoms with Crippen LogP contribution in [0.1, 0.15) is 25.7 Å². The van der Waals surface area contributed by atoms with Crippen LogP contribution in [0.25, 0.3) is 0 Å². The van der Waals surface area contributed by atoms with Gasteiger partial charge in [0.1, 0.15) is 12.4 Å². The van der Waals surface area contributed by atoms with E-state index in [0.29, 0.717) is 19.7 Å². The average Bonchev–Trinajstić information content (AvgIpc) is 3.17. The van der Waals surface area contributed by atoms with Crippen molar-refractivity contribution in [3.63, 3.8) is 0 Å². The Morgan fingerprint density at radius 2 is 1.79 bits per heavy atom. The lowest BCUT2D eigenvalue weighted by Gasteiger charge is -2.23. The first-order chi connectivity index (χ1) is 13.6.